The molecule has 4 heteroatoms. The lowest BCUT2D eigenvalue weighted by Crippen LogP contribution is -2.18. The van der Waals surface area contributed by atoms with E-state index in [0.29, 0.717) is 18.1 Å². The van der Waals surface area contributed by atoms with E-state index in [9.17, 15) is 8.42 Å². The van der Waals surface area contributed by atoms with E-state index in [-0.39, 0.29) is 11.7 Å². The van der Waals surface area contributed by atoms with Crippen LogP contribution in [0.1, 0.15) is 12.5 Å². The predicted molar refractivity (Wildman–Crippen MR) is 83.8 cm³/mol. The quantitative estimate of drug-likeness (QED) is 0.788. The Kier molecular flexibility index (Phi) is 5.53. The fraction of sp³-hybridized carbons (Fsp3) is 0.294. The topological polar surface area (TPSA) is 43.4 Å². The summed E-state index contributed by atoms with van der Waals surface area (Å²) in [7, 11) is -3.23. The fourth-order valence-corrected chi connectivity index (χ4v) is 3.71. The number of benzene rings is 2. The van der Waals surface area contributed by atoms with Gasteiger partial charge in [0.25, 0.3) is 0 Å². The van der Waals surface area contributed by atoms with Crippen molar-refractivity contribution in [3.8, 4) is 0 Å². The highest BCUT2D eigenvalue weighted by atomic mass is 32.2. The second-order valence-corrected chi connectivity index (χ2v) is 7.23. The van der Waals surface area contributed by atoms with Crippen molar-refractivity contribution in [3.05, 3.63) is 66.2 Å². The molecular formula is C17H20O3S. The van der Waals surface area contributed by atoms with Crippen LogP contribution in [0.25, 0.3) is 0 Å². The monoisotopic (exact) mass is 304 g/mol. The summed E-state index contributed by atoms with van der Waals surface area (Å²) >= 11 is 0. The molecule has 0 unspecified atom stereocenters. The first-order chi connectivity index (χ1) is 10.1. The van der Waals surface area contributed by atoms with E-state index in [2.05, 4.69) is 0 Å². The average Bonchev–Trinajstić information content (AvgIpc) is 2.49. The molecule has 0 N–H and O–H groups in total. The third kappa shape index (κ3) is 4.99. The molecule has 0 fully saturated rings. The number of rotatable bonds is 7. The van der Waals surface area contributed by atoms with Crippen molar-refractivity contribution in [2.75, 3.05) is 12.4 Å². The molecule has 0 aliphatic carbocycles. The molecule has 0 saturated carbocycles. The van der Waals surface area contributed by atoms with Crippen LogP contribution in [0.15, 0.2) is 65.6 Å². The van der Waals surface area contributed by atoms with Gasteiger partial charge in [0.2, 0.25) is 0 Å². The maximum Gasteiger partial charge on any atom is 0.178 e. The summed E-state index contributed by atoms with van der Waals surface area (Å²) in [4.78, 5) is 0.375. The molecule has 0 aliphatic heterocycles. The van der Waals surface area contributed by atoms with Gasteiger partial charge < -0.3 is 4.74 Å². The van der Waals surface area contributed by atoms with Crippen LogP contribution in [0, 0.1) is 5.92 Å². The molecule has 3 nitrogen and oxygen atoms in total. The lowest BCUT2D eigenvalue weighted by Gasteiger charge is -2.12. The predicted octanol–water partition coefficient (Wildman–Crippen LogP) is 3.31. The van der Waals surface area contributed by atoms with Gasteiger partial charge in [-0.25, -0.2) is 8.42 Å². The van der Waals surface area contributed by atoms with Crippen molar-refractivity contribution in [2.24, 2.45) is 5.92 Å². The van der Waals surface area contributed by atoms with Gasteiger partial charge in [0.15, 0.2) is 9.84 Å². The summed E-state index contributed by atoms with van der Waals surface area (Å²) in [5.74, 6) is 0.0603. The number of hydrogen-bond acceptors (Lipinski definition) is 3. The van der Waals surface area contributed by atoms with Gasteiger partial charge >= 0.3 is 0 Å². The van der Waals surface area contributed by atoms with E-state index in [1.807, 2.05) is 43.3 Å². The Balaban J connectivity index is 1.83. The SMILES string of the molecule is C[C@H](COCc1ccccc1)CS(=O)(=O)c1ccccc1. The average molecular weight is 304 g/mol. The van der Waals surface area contributed by atoms with E-state index in [4.69, 9.17) is 4.74 Å². The van der Waals surface area contributed by atoms with Gasteiger partial charge in [-0.3, -0.25) is 0 Å². The van der Waals surface area contributed by atoms with Crippen molar-refractivity contribution in [2.45, 2.75) is 18.4 Å². The molecule has 1 atom stereocenters. The first-order valence-electron chi connectivity index (χ1n) is 6.97. The van der Waals surface area contributed by atoms with E-state index < -0.39 is 9.84 Å². The zero-order chi connectivity index (χ0) is 15.1. The number of sulfone groups is 1. The third-order valence-corrected chi connectivity index (χ3v) is 5.12. The summed E-state index contributed by atoms with van der Waals surface area (Å²) in [6, 6.07) is 18.4. The highest BCUT2D eigenvalue weighted by Crippen LogP contribution is 2.14. The number of ether oxygens (including phenoxy) is 1. The standard InChI is InChI=1S/C17H20O3S/c1-15(12-20-13-16-8-4-2-5-9-16)14-21(18,19)17-10-6-3-7-11-17/h2-11,15H,12-14H2,1H3/t15-/m1/s1. The normalized spacial score (nSPS) is 13.0. The van der Waals surface area contributed by atoms with Crippen LogP contribution in [0.3, 0.4) is 0 Å². The van der Waals surface area contributed by atoms with E-state index in [1.54, 1.807) is 24.3 Å². The Morgan fingerprint density at radius 3 is 2.14 bits per heavy atom. The zero-order valence-electron chi connectivity index (χ0n) is 12.1. The van der Waals surface area contributed by atoms with Crippen LogP contribution in [-0.4, -0.2) is 20.8 Å². The minimum absolute atomic E-state index is 0.0427. The van der Waals surface area contributed by atoms with Crippen molar-refractivity contribution in [1.29, 1.82) is 0 Å². The van der Waals surface area contributed by atoms with E-state index in [0.717, 1.165) is 5.56 Å². The van der Waals surface area contributed by atoms with Crippen LogP contribution in [0.5, 0.6) is 0 Å². The minimum atomic E-state index is -3.23. The Hall–Kier alpha value is -1.65. The lowest BCUT2D eigenvalue weighted by molar-refractivity contribution is 0.0978. The van der Waals surface area contributed by atoms with E-state index in [1.165, 1.54) is 0 Å². The molecule has 2 rings (SSSR count). The smallest absolute Gasteiger partial charge is 0.178 e. The second-order valence-electron chi connectivity index (χ2n) is 5.20. The Morgan fingerprint density at radius 1 is 0.952 bits per heavy atom. The molecule has 0 aromatic heterocycles. The molecule has 21 heavy (non-hydrogen) atoms. The van der Waals surface area contributed by atoms with Gasteiger partial charge in [-0.2, -0.15) is 0 Å². The molecule has 0 radical (unpaired) electrons. The molecule has 0 aliphatic rings. The van der Waals surface area contributed by atoms with Crippen LogP contribution in [0.2, 0.25) is 0 Å². The molecule has 112 valence electrons. The molecule has 0 saturated heterocycles. The first-order valence-corrected chi connectivity index (χ1v) is 8.62. The highest BCUT2D eigenvalue weighted by molar-refractivity contribution is 7.91. The fourth-order valence-electron chi connectivity index (χ4n) is 2.10. The summed E-state index contributed by atoms with van der Waals surface area (Å²) in [5, 5.41) is 0. The van der Waals surface area contributed by atoms with Crippen LogP contribution in [0.4, 0.5) is 0 Å². The summed E-state index contributed by atoms with van der Waals surface area (Å²) < 4.78 is 30.0. The van der Waals surface area contributed by atoms with Crippen molar-refractivity contribution >= 4 is 9.84 Å². The first kappa shape index (κ1) is 15.7. The Labute approximate surface area is 126 Å². The lowest BCUT2D eigenvalue weighted by atomic mass is 10.2. The van der Waals surface area contributed by atoms with Crippen molar-refractivity contribution < 1.29 is 13.2 Å². The van der Waals surface area contributed by atoms with Gasteiger partial charge in [0.05, 0.1) is 23.9 Å². The van der Waals surface area contributed by atoms with Gasteiger partial charge in [0.1, 0.15) is 0 Å². The van der Waals surface area contributed by atoms with Gasteiger partial charge in [-0.15, -0.1) is 0 Å². The maximum atomic E-state index is 12.2. The van der Waals surface area contributed by atoms with Crippen molar-refractivity contribution in [1.82, 2.24) is 0 Å². The van der Waals surface area contributed by atoms with Gasteiger partial charge in [-0.1, -0.05) is 55.5 Å². The third-order valence-electron chi connectivity index (χ3n) is 3.12. The molecular weight excluding hydrogens is 284 g/mol. The van der Waals surface area contributed by atoms with Gasteiger partial charge in [-0.05, 0) is 23.6 Å². The summed E-state index contributed by atoms with van der Waals surface area (Å²) in [6.45, 7) is 2.84. The van der Waals surface area contributed by atoms with Crippen LogP contribution in [-0.2, 0) is 21.2 Å². The molecule has 0 amide bonds. The molecule has 0 spiro atoms. The Morgan fingerprint density at radius 2 is 1.52 bits per heavy atom. The number of hydrogen-bond donors (Lipinski definition) is 0. The maximum absolute atomic E-state index is 12.2. The summed E-state index contributed by atoms with van der Waals surface area (Å²) in [5.41, 5.74) is 1.09. The molecule has 0 bridgehead atoms. The summed E-state index contributed by atoms with van der Waals surface area (Å²) in [6.07, 6.45) is 0. The van der Waals surface area contributed by atoms with Crippen molar-refractivity contribution in [3.63, 3.8) is 0 Å². The molecule has 0 heterocycles. The molecule has 2 aromatic rings. The Bertz CT molecular complexity index is 636. The van der Waals surface area contributed by atoms with Crippen LogP contribution >= 0.6 is 0 Å². The van der Waals surface area contributed by atoms with E-state index >= 15 is 0 Å². The molecule has 2 aromatic carbocycles. The minimum Gasteiger partial charge on any atom is -0.376 e. The van der Waals surface area contributed by atoms with Crippen LogP contribution < -0.4 is 0 Å². The van der Waals surface area contributed by atoms with Gasteiger partial charge in [0, 0.05) is 0 Å². The largest absolute Gasteiger partial charge is 0.376 e. The highest BCUT2D eigenvalue weighted by Gasteiger charge is 2.18. The second kappa shape index (κ2) is 7.38. The zero-order valence-corrected chi connectivity index (χ0v) is 12.9.